The summed E-state index contributed by atoms with van der Waals surface area (Å²) in [7, 11) is 1.31. The first kappa shape index (κ1) is 23.3. The molecule has 3 N–H and O–H groups in total. The molecule has 1 aliphatic heterocycles. The molecule has 3 rings (SSSR count). The smallest absolute Gasteiger partial charge is 0.337 e. The molecule has 0 aromatic heterocycles. The van der Waals surface area contributed by atoms with Gasteiger partial charge in [0.05, 0.1) is 18.7 Å². The molecule has 168 valence electrons. The maximum Gasteiger partial charge on any atom is 0.337 e. The highest BCUT2D eigenvalue weighted by atomic mass is 79.9. The number of rotatable bonds is 6. The molecule has 0 aliphatic carbocycles. The first-order chi connectivity index (χ1) is 15.3. The second-order valence-electron chi connectivity index (χ2n) is 7.24. The number of halogens is 1. The first-order valence-corrected chi connectivity index (χ1v) is 10.9. The average molecular weight is 501 g/mol. The Kier molecular flexibility index (Phi) is 7.53. The molecule has 2 aromatic carbocycles. The van der Waals surface area contributed by atoms with Crippen LogP contribution in [0.5, 0.6) is 0 Å². The van der Waals surface area contributed by atoms with Crippen molar-refractivity contribution in [2.45, 2.75) is 26.3 Å². The fraction of sp³-hybridized carbons (Fsp3) is 0.261. The molecule has 2 aromatic rings. The van der Waals surface area contributed by atoms with Gasteiger partial charge in [-0.3, -0.25) is 4.90 Å². The Bertz CT molecular complexity index is 1050. The third kappa shape index (κ3) is 5.28. The SMILES string of the molecule is CCCN1C(=O)NC(c2cccc(NC(=O)Nc3ccc(Br)cc3)c2)C(C(=O)OC)=C1C. The highest BCUT2D eigenvalue weighted by Crippen LogP contribution is 2.32. The van der Waals surface area contributed by atoms with Crippen molar-refractivity contribution >= 4 is 45.3 Å². The molecule has 32 heavy (non-hydrogen) atoms. The zero-order valence-electron chi connectivity index (χ0n) is 18.1. The van der Waals surface area contributed by atoms with Crippen LogP contribution >= 0.6 is 15.9 Å². The molecule has 9 heteroatoms. The van der Waals surface area contributed by atoms with E-state index in [2.05, 4.69) is 31.9 Å². The second-order valence-corrected chi connectivity index (χ2v) is 8.15. The van der Waals surface area contributed by atoms with Gasteiger partial charge in [-0.1, -0.05) is 35.0 Å². The maximum atomic E-state index is 12.7. The molecule has 0 fully saturated rings. The van der Waals surface area contributed by atoms with Crippen LogP contribution < -0.4 is 16.0 Å². The molecule has 0 saturated carbocycles. The van der Waals surface area contributed by atoms with Crippen molar-refractivity contribution in [3.8, 4) is 0 Å². The number of methoxy groups -OCH3 is 1. The highest BCUT2D eigenvalue weighted by molar-refractivity contribution is 9.10. The predicted molar refractivity (Wildman–Crippen MR) is 126 cm³/mol. The normalized spacial score (nSPS) is 15.8. The summed E-state index contributed by atoms with van der Waals surface area (Å²) in [5, 5.41) is 8.42. The lowest BCUT2D eigenvalue weighted by Gasteiger charge is -2.35. The fourth-order valence-electron chi connectivity index (χ4n) is 3.52. The summed E-state index contributed by atoms with van der Waals surface area (Å²) in [4.78, 5) is 39.2. The van der Waals surface area contributed by atoms with Gasteiger partial charge in [0.2, 0.25) is 0 Å². The number of carbonyl (C=O) groups excluding carboxylic acids is 3. The highest BCUT2D eigenvalue weighted by Gasteiger charge is 2.35. The molecule has 0 spiro atoms. The van der Waals surface area contributed by atoms with Crippen LogP contribution in [-0.4, -0.2) is 36.6 Å². The molecule has 1 unspecified atom stereocenters. The molecule has 4 amide bonds. The molecule has 0 bridgehead atoms. The average Bonchev–Trinajstić information content (AvgIpc) is 2.77. The first-order valence-electron chi connectivity index (χ1n) is 10.1. The van der Waals surface area contributed by atoms with Gasteiger partial charge in [0.15, 0.2) is 0 Å². The number of carbonyl (C=O) groups is 3. The number of benzene rings is 2. The van der Waals surface area contributed by atoms with Crippen LogP contribution in [0.25, 0.3) is 0 Å². The number of esters is 1. The molecule has 1 heterocycles. The number of hydrogen-bond acceptors (Lipinski definition) is 4. The zero-order chi connectivity index (χ0) is 23.3. The molecule has 8 nitrogen and oxygen atoms in total. The van der Waals surface area contributed by atoms with Gasteiger partial charge in [0.1, 0.15) is 0 Å². The summed E-state index contributed by atoms with van der Waals surface area (Å²) in [6.07, 6.45) is 0.747. The van der Waals surface area contributed by atoms with Gasteiger partial charge in [0, 0.05) is 28.1 Å². The summed E-state index contributed by atoms with van der Waals surface area (Å²) in [6, 6.07) is 12.8. The molecule has 1 aliphatic rings. The molecular weight excluding hydrogens is 476 g/mol. The molecular formula is C23H25BrN4O4. The number of urea groups is 2. The summed E-state index contributed by atoms with van der Waals surface area (Å²) < 4.78 is 5.90. The third-order valence-electron chi connectivity index (χ3n) is 5.03. The Morgan fingerprint density at radius 2 is 1.81 bits per heavy atom. The van der Waals surface area contributed by atoms with Crippen LogP contribution in [0.15, 0.2) is 64.3 Å². The molecule has 0 saturated heterocycles. The Morgan fingerprint density at radius 3 is 2.47 bits per heavy atom. The summed E-state index contributed by atoms with van der Waals surface area (Å²) >= 11 is 3.35. The zero-order valence-corrected chi connectivity index (χ0v) is 19.7. The van der Waals surface area contributed by atoms with E-state index in [0.717, 1.165) is 10.9 Å². The number of nitrogens with one attached hydrogen (secondary N) is 3. The minimum atomic E-state index is -0.695. The lowest BCUT2D eigenvalue weighted by atomic mass is 9.94. The van der Waals surface area contributed by atoms with Gasteiger partial charge in [-0.05, 0) is 55.3 Å². The summed E-state index contributed by atoms with van der Waals surface area (Å²) in [5.74, 6) is -0.514. The van der Waals surface area contributed by atoms with Gasteiger partial charge in [-0.15, -0.1) is 0 Å². The van der Waals surface area contributed by atoms with Crippen LogP contribution in [0, 0.1) is 0 Å². The van der Waals surface area contributed by atoms with E-state index >= 15 is 0 Å². The van der Waals surface area contributed by atoms with Gasteiger partial charge < -0.3 is 20.7 Å². The van der Waals surface area contributed by atoms with E-state index in [1.165, 1.54) is 12.0 Å². The monoisotopic (exact) mass is 500 g/mol. The number of allylic oxidation sites excluding steroid dienone is 1. The fourth-order valence-corrected chi connectivity index (χ4v) is 3.79. The van der Waals surface area contributed by atoms with E-state index < -0.39 is 18.0 Å². The predicted octanol–water partition coefficient (Wildman–Crippen LogP) is 5.02. The van der Waals surface area contributed by atoms with Gasteiger partial charge >= 0.3 is 18.0 Å². The summed E-state index contributed by atoms with van der Waals surface area (Å²) in [5.41, 5.74) is 2.72. The minimum Gasteiger partial charge on any atom is -0.466 e. The van der Waals surface area contributed by atoms with E-state index in [0.29, 0.717) is 34.8 Å². The van der Waals surface area contributed by atoms with Crippen molar-refractivity contribution in [2.75, 3.05) is 24.3 Å². The quantitative estimate of drug-likeness (QED) is 0.485. The van der Waals surface area contributed by atoms with Crippen molar-refractivity contribution in [1.29, 1.82) is 0 Å². The van der Waals surface area contributed by atoms with Gasteiger partial charge in [-0.2, -0.15) is 0 Å². The standard InChI is InChI=1S/C23H25BrN4O4/c1-4-12-28-14(2)19(21(29)32-3)20(27-23(28)31)15-6-5-7-18(13-15)26-22(30)25-17-10-8-16(24)9-11-17/h5-11,13,20H,4,12H2,1-3H3,(H,27,31)(H2,25,26,30). The van der Waals surface area contributed by atoms with E-state index in [9.17, 15) is 14.4 Å². The molecule has 0 radical (unpaired) electrons. The van der Waals surface area contributed by atoms with Gasteiger partial charge in [-0.25, -0.2) is 14.4 Å². The Balaban J connectivity index is 1.85. The van der Waals surface area contributed by atoms with Crippen LogP contribution in [0.3, 0.4) is 0 Å². The topological polar surface area (TPSA) is 99.8 Å². The minimum absolute atomic E-state index is 0.284. The van der Waals surface area contributed by atoms with Crippen LogP contribution in [0.4, 0.5) is 21.0 Å². The lowest BCUT2D eigenvalue weighted by molar-refractivity contribution is -0.136. The number of hydrogen-bond donors (Lipinski definition) is 3. The Morgan fingerprint density at radius 1 is 1.12 bits per heavy atom. The molecule has 1 atom stereocenters. The van der Waals surface area contributed by atoms with E-state index in [4.69, 9.17) is 4.74 Å². The number of anilines is 2. The van der Waals surface area contributed by atoms with Crippen molar-refractivity contribution in [1.82, 2.24) is 10.2 Å². The summed E-state index contributed by atoms with van der Waals surface area (Å²) in [6.45, 7) is 4.18. The Labute approximate surface area is 195 Å². The number of amides is 4. The number of nitrogens with zero attached hydrogens (tertiary/aromatic N) is 1. The maximum absolute atomic E-state index is 12.7. The van der Waals surface area contributed by atoms with Gasteiger partial charge in [0.25, 0.3) is 0 Å². The van der Waals surface area contributed by atoms with Crippen molar-refractivity contribution in [3.63, 3.8) is 0 Å². The van der Waals surface area contributed by atoms with E-state index in [-0.39, 0.29) is 6.03 Å². The van der Waals surface area contributed by atoms with E-state index in [1.807, 2.05) is 19.1 Å². The van der Waals surface area contributed by atoms with Crippen molar-refractivity contribution < 1.29 is 19.1 Å². The second kappa shape index (κ2) is 10.3. The van der Waals surface area contributed by atoms with Crippen LogP contribution in [0.2, 0.25) is 0 Å². The van der Waals surface area contributed by atoms with E-state index in [1.54, 1.807) is 43.3 Å². The van der Waals surface area contributed by atoms with Crippen molar-refractivity contribution in [2.24, 2.45) is 0 Å². The number of ether oxygens (including phenoxy) is 1. The van der Waals surface area contributed by atoms with Crippen LogP contribution in [0.1, 0.15) is 31.9 Å². The van der Waals surface area contributed by atoms with Crippen LogP contribution in [-0.2, 0) is 9.53 Å². The lowest BCUT2D eigenvalue weighted by Crippen LogP contribution is -2.48. The van der Waals surface area contributed by atoms with Crippen molar-refractivity contribution in [3.05, 3.63) is 69.8 Å². The third-order valence-corrected chi connectivity index (χ3v) is 5.56. The largest absolute Gasteiger partial charge is 0.466 e. The Hall–Kier alpha value is -3.33.